The number of carbonyl (C=O) groups excluding carboxylic acids is 1. The van der Waals surface area contributed by atoms with Crippen molar-refractivity contribution < 1.29 is 19.4 Å². The minimum absolute atomic E-state index is 0.0187. The molecule has 114 valence electrons. The Morgan fingerprint density at radius 1 is 1.43 bits per heavy atom. The van der Waals surface area contributed by atoms with Crippen LogP contribution < -0.4 is 10.1 Å². The van der Waals surface area contributed by atoms with Crippen molar-refractivity contribution in [2.24, 2.45) is 5.92 Å². The van der Waals surface area contributed by atoms with Gasteiger partial charge in [-0.2, -0.15) is 0 Å². The van der Waals surface area contributed by atoms with E-state index < -0.39 is 5.97 Å². The van der Waals surface area contributed by atoms with E-state index in [1.165, 1.54) is 13.2 Å². The first-order valence-corrected chi connectivity index (χ1v) is 7.02. The molecule has 6 nitrogen and oxygen atoms in total. The standard InChI is InChI=1S/C15H20N2O4/c1-3-17(9-10-4-5-10)15(20)16-13-7-6-11(21-2)8-12(13)14(18)19/h6-8,10H,3-5,9H2,1-2H3,(H,16,20)(H,18,19). The number of nitrogens with one attached hydrogen (secondary N) is 1. The van der Waals surface area contributed by atoms with E-state index in [4.69, 9.17) is 4.74 Å². The topological polar surface area (TPSA) is 78.9 Å². The first kappa shape index (κ1) is 15.2. The van der Waals surface area contributed by atoms with Crippen LogP contribution in [0.4, 0.5) is 10.5 Å². The molecule has 1 saturated carbocycles. The third-order valence-electron chi connectivity index (χ3n) is 3.54. The first-order chi connectivity index (χ1) is 10.0. The third-order valence-corrected chi connectivity index (χ3v) is 3.54. The molecule has 0 atom stereocenters. The molecule has 1 aromatic carbocycles. The number of nitrogens with zero attached hydrogens (tertiary/aromatic N) is 1. The predicted octanol–water partition coefficient (Wildman–Crippen LogP) is 2.66. The summed E-state index contributed by atoms with van der Waals surface area (Å²) >= 11 is 0. The van der Waals surface area contributed by atoms with Gasteiger partial charge in [0.25, 0.3) is 0 Å². The highest BCUT2D eigenvalue weighted by Crippen LogP contribution is 2.30. The lowest BCUT2D eigenvalue weighted by Crippen LogP contribution is -2.36. The molecule has 21 heavy (non-hydrogen) atoms. The predicted molar refractivity (Wildman–Crippen MR) is 78.9 cm³/mol. The largest absolute Gasteiger partial charge is 0.497 e. The van der Waals surface area contributed by atoms with Crippen molar-refractivity contribution in [2.45, 2.75) is 19.8 Å². The average Bonchev–Trinajstić information content (AvgIpc) is 3.28. The molecular formula is C15H20N2O4. The van der Waals surface area contributed by atoms with Gasteiger partial charge in [-0.1, -0.05) is 0 Å². The second kappa shape index (κ2) is 6.47. The van der Waals surface area contributed by atoms with Crippen molar-refractivity contribution in [3.63, 3.8) is 0 Å². The van der Waals surface area contributed by atoms with Crippen LogP contribution in [0.15, 0.2) is 18.2 Å². The SMILES string of the molecule is CCN(CC1CC1)C(=O)Nc1ccc(OC)cc1C(=O)O. The summed E-state index contributed by atoms with van der Waals surface area (Å²) in [4.78, 5) is 25.2. The molecule has 0 aliphatic heterocycles. The minimum Gasteiger partial charge on any atom is -0.497 e. The number of benzene rings is 1. The van der Waals surface area contributed by atoms with Gasteiger partial charge >= 0.3 is 12.0 Å². The quantitative estimate of drug-likeness (QED) is 0.845. The summed E-state index contributed by atoms with van der Waals surface area (Å²) in [6, 6.07) is 4.30. The lowest BCUT2D eigenvalue weighted by Gasteiger charge is -2.21. The van der Waals surface area contributed by atoms with Crippen molar-refractivity contribution in [2.75, 3.05) is 25.5 Å². The molecule has 1 aliphatic carbocycles. The molecule has 2 rings (SSSR count). The van der Waals surface area contributed by atoms with Crippen molar-refractivity contribution in [1.29, 1.82) is 0 Å². The number of amides is 2. The Bertz CT molecular complexity index is 540. The number of carboxylic acid groups (broad SMARTS) is 1. The van der Waals surface area contributed by atoms with Crippen molar-refractivity contribution in [1.82, 2.24) is 4.90 Å². The number of carboxylic acids is 1. The zero-order valence-electron chi connectivity index (χ0n) is 12.3. The van der Waals surface area contributed by atoms with Gasteiger partial charge < -0.3 is 20.1 Å². The molecule has 1 aliphatic rings. The number of aromatic carboxylic acids is 1. The maximum Gasteiger partial charge on any atom is 0.337 e. The highest BCUT2D eigenvalue weighted by atomic mass is 16.5. The van der Waals surface area contributed by atoms with Gasteiger partial charge in [0.1, 0.15) is 5.75 Å². The number of rotatable bonds is 6. The van der Waals surface area contributed by atoms with Gasteiger partial charge in [-0.05, 0) is 43.9 Å². The number of hydrogen-bond acceptors (Lipinski definition) is 3. The molecular weight excluding hydrogens is 272 g/mol. The van der Waals surface area contributed by atoms with Gasteiger partial charge in [0.15, 0.2) is 0 Å². The van der Waals surface area contributed by atoms with Crippen LogP contribution in [-0.4, -0.2) is 42.2 Å². The number of hydrogen-bond donors (Lipinski definition) is 2. The molecule has 0 radical (unpaired) electrons. The van der Waals surface area contributed by atoms with Crippen LogP contribution in [0, 0.1) is 5.92 Å². The van der Waals surface area contributed by atoms with E-state index >= 15 is 0 Å². The lowest BCUT2D eigenvalue weighted by molar-refractivity contribution is 0.0697. The van der Waals surface area contributed by atoms with Crippen LogP contribution in [0.25, 0.3) is 0 Å². The van der Waals surface area contributed by atoms with Crippen molar-refractivity contribution >= 4 is 17.7 Å². The van der Waals surface area contributed by atoms with Crippen LogP contribution in [0.1, 0.15) is 30.1 Å². The van der Waals surface area contributed by atoms with Crippen LogP contribution >= 0.6 is 0 Å². The molecule has 0 spiro atoms. The summed E-state index contributed by atoms with van der Waals surface area (Å²) in [5, 5.41) is 11.9. The average molecular weight is 292 g/mol. The van der Waals surface area contributed by atoms with Crippen LogP contribution in [0.5, 0.6) is 5.75 Å². The molecule has 2 N–H and O–H groups in total. The van der Waals surface area contributed by atoms with E-state index in [0.717, 1.165) is 19.4 Å². The van der Waals surface area contributed by atoms with Gasteiger partial charge in [0, 0.05) is 13.1 Å². The maximum absolute atomic E-state index is 12.2. The number of ether oxygens (including phenoxy) is 1. The van der Waals surface area contributed by atoms with Gasteiger partial charge in [-0.15, -0.1) is 0 Å². The molecule has 0 bridgehead atoms. The van der Waals surface area contributed by atoms with Crippen molar-refractivity contribution in [3.8, 4) is 5.75 Å². The minimum atomic E-state index is -1.10. The second-order valence-electron chi connectivity index (χ2n) is 5.13. The molecule has 2 amide bonds. The summed E-state index contributed by atoms with van der Waals surface area (Å²) in [7, 11) is 1.47. The Hall–Kier alpha value is -2.24. The van der Waals surface area contributed by atoms with Gasteiger partial charge in [-0.3, -0.25) is 0 Å². The summed E-state index contributed by atoms with van der Waals surface area (Å²) in [5.41, 5.74) is 0.299. The molecule has 0 aromatic heterocycles. The Morgan fingerprint density at radius 3 is 2.67 bits per heavy atom. The van der Waals surface area contributed by atoms with E-state index in [0.29, 0.717) is 18.2 Å². The van der Waals surface area contributed by atoms with E-state index in [1.807, 2.05) is 6.92 Å². The molecule has 1 aromatic rings. The van der Waals surface area contributed by atoms with E-state index in [-0.39, 0.29) is 17.3 Å². The normalized spacial score (nSPS) is 13.6. The molecule has 6 heteroatoms. The summed E-state index contributed by atoms with van der Waals surface area (Å²) < 4.78 is 5.01. The zero-order chi connectivity index (χ0) is 15.4. The number of urea groups is 1. The summed E-state index contributed by atoms with van der Waals surface area (Å²) in [6.45, 7) is 3.23. The van der Waals surface area contributed by atoms with E-state index in [1.54, 1.807) is 17.0 Å². The van der Waals surface area contributed by atoms with E-state index in [9.17, 15) is 14.7 Å². The molecule has 0 saturated heterocycles. The maximum atomic E-state index is 12.2. The van der Waals surface area contributed by atoms with Crippen LogP contribution in [-0.2, 0) is 0 Å². The number of carbonyl (C=O) groups is 2. The highest BCUT2D eigenvalue weighted by Gasteiger charge is 2.26. The highest BCUT2D eigenvalue weighted by molar-refractivity contribution is 6.00. The van der Waals surface area contributed by atoms with Crippen molar-refractivity contribution in [3.05, 3.63) is 23.8 Å². The van der Waals surface area contributed by atoms with Crippen LogP contribution in [0.2, 0.25) is 0 Å². The Morgan fingerprint density at radius 2 is 2.14 bits per heavy atom. The van der Waals surface area contributed by atoms with Gasteiger partial charge in [0.05, 0.1) is 18.4 Å². The summed E-state index contributed by atoms with van der Waals surface area (Å²) in [6.07, 6.45) is 2.32. The molecule has 0 unspecified atom stereocenters. The fraction of sp³-hybridized carbons (Fsp3) is 0.467. The second-order valence-corrected chi connectivity index (χ2v) is 5.13. The lowest BCUT2D eigenvalue weighted by atomic mass is 10.1. The molecule has 0 heterocycles. The Labute approximate surface area is 123 Å². The summed E-state index contributed by atoms with van der Waals surface area (Å²) in [5.74, 6) is -0.0734. The third kappa shape index (κ3) is 3.87. The monoisotopic (exact) mass is 292 g/mol. The number of anilines is 1. The molecule has 1 fully saturated rings. The Kier molecular flexibility index (Phi) is 4.67. The fourth-order valence-electron chi connectivity index (χ4n) is 2.10. The van der Waals surface area contributed by atoms with Gasteiger partial charge in [-0.25, -0.2) is 9.59 Å². The zero-order valence-corrected chi connectivity index (χ0v) is 12.3. The smallest absolute Gasteiger partial charge is 0.337 e. The van der Waals surface area contributed by atoms with Crippen LogP contribution in [0.3, 0.4) is 0 Å². The van der Waals surface area contributed by atoms with Gasteiger partial charge in [0.2, 0.25) is 0 Å². The fourth-order valence-corrected chi connectivity index (χ4v) is 2.10. The number of methoxy groups -OCH3 is 1. The first-order valence-electron chi connectivity index (χ1n) is 7.02. The Balaban J connectivity index is 2.13. The van der Waals surface area contributed by atoms with E-state index in [2.05, 4.69) is 5.32 Å².